The number of nitrogens with one attached hydrogen (secondary N) is 1. The Morgan fingerprint density at radius 3 is 2.91 bits per heavy atom. The normalized spacial score (nSPS) is 11.2. The summed E-state index contributed by atoms with van der Waals surface area (Å²) in [5, 5.41) is 5.21. The first-order valence-electron chi connectivity index (χ1n) is 6.54. The summed E-state index contributed by atoms with van der Waals surface area (Å²) in [6.45, 7) is 1.89. The molecule has 0 aliphatic heterocycles. The van der Waals surface area contributed by atoms with Crippen LogP contribution in [0.1, 0.15) is 6.92 Å². The highest BCUT2D eigenvalue weighted by Gasteiger charge is 2.08. The van der Waals surface area contributed by atoms with Crippen LogP contribution in [0, 0.1) is 0 Å². The summed E-state index contributed by atoms with van der Waals surface area (Å²) in [5.74, 6) is 0.566. The van der Waals surface area contributed by atoms with Crippen molar-refractivity contribution in [2.45, 2.75) is 6.92 Å². The van der Waals surface area contributed by atoms with Gasteiger partial charge in [-0.25, -0.2) is 4.98 Å². The number of halogens is 1. The Bertz CT molecular complexity index is 723. The van der Waals surface area contributed by atoms with Crippen molar-refractivity contribution in [2.75, 3.05) is 12.4 Å². The maximum atomic E-state index is 11.7. The van der Waals surface area contributed by atoms with Crippen LogP contribution in [-0.4, -0.2) is 18.0 Å². The van der Waals surface area contributed by atoms with Gasteiger partial charge in [0.1, 0.15) is 5.75 Å². The zero-order valence-electron chi connectivity index (χ0n) is 12.2. The van der Waals surface area contributed by atoms with Crippen LogP contribution >= 0.6 is 27.3 Å². The van der Waals surface area contributed by atoms with Crippen LogP contribution in [0.3, 0.4) is 0 Å². The standard InChI is InChI=1S/C16H15BrN2O2S/c1-3-4-5-6-15(20)19-16-18-13(10-22-16)11-7-8-14(21-2)12(17)9-11/h3-10H,1-2H3,(H,18,19,20)/b4-3+,6-5+. The summed E-state index contributed by atoms with van der Waals surface area (Å²) in [4.78, 5) is 16.1. The monoisotopic (exact) mass is 378 g/mol. The van der Waals surface area contributed by atoms with Crippen LogP contribution in [-0.2, 0) is 4.79 Å². The van der Waals surface area contributed by atoms with Crippen LogP contribution in [0.25, 0.3) is 11.3 Å². The number of carbonyl (C=O) groups is 1. The van der Waals surface area contributed by atoms with Gasteiger partial charge >= 0.3 is 0 Å². The summed E-state index contributed by atoms with van der Waals surface area (Å²) in [6.07, 6.45) is 6.80. The van der Waals surface area contributed by atoms with Crippen molar-refractivity contribution in [3.05, 3.63) is 52.4 Å². The molecule has 4 nitrogen and oxygen atoms in total. The number of methoxy groups -OCH3 is 1. The van der Waals surface area contributed by atoms with Gasteiger partial charge in [-0.05, 0) is 41.1 Å². The zero-order chi connectivity index (χ0) is 15.9. The molecule has 6 heteroatoms. The maximum absolute atomic E-state index is 11.7. The van der Waals surface area contributed by atoms with E-state index < -0.39 is 0 Å². The number of rotatable bonds is 5. The quantitative estimate of drug-likeness (QED) is 0.608. The lowest BCUT2D eigenvalue weighted by atomic mass is 10.2. The molecular formula is C16H15BrN2O2S. The van der Waals surface area contributed by atoms with Crippen molar-refractivity contribution in [2.24, 2.45) is 0 Å². The fraction of sp³-hybridized carbons (Fsp3) is 0.125. The van der Waals surface area contributed by atoms with Crippen molar-refractivity contribution in [1.82, 2.24) is 4.98 Å². The predicted molar refractivity (Wildman–Crippen MR) is 94.4 cm³/mol. The number of amides is 1. The van der Waals surface area contributed by atoms with E-state index in [1.807, 2.05) is 36.6 Å². The minimum Gasteiger partial charge on any atom is -0.496 e. The molecule has 0 aliphatic carbocycles. The molecule has 1 N–H and O–H groups in total. The number of aromatic nitrogens is 1. The lowest BCUT2D eigenvalue weighted by Gasteiger charge is -2.04. The van der Waals surface area contributed by atoms with Gasteiger partial charge in [0.15, 0.2) is 5.13 Å². The van der Waals surface area contributed by atoms with Crippen LogP contribution in [0.5, 0.6) is 5.75 Å². The number of hydrogen-bond acceptors (Lipinski definition) is 4. The second-order valence-electron chi connectivity index (χ2n) is 4.26. The van der Waals surface area contributed by atoms with E-state index in [1.165, 1.54) is 17.4 Å². The number of benzene rings is 1. The molecule has 0 radical (unpaired) electrons. The molecule has 0 atom stereocenters. The first kappa shape index (κ1) is 16.5. The second-order valence-corrected chi connectivity index (χ2v) is 5.97. The largest absolute Gasteiger partial charge is 0.496 e. The number of thiazole rings is 1. The lowest BCUT2D eigenvalue weighted by Crippen LogP contribution is -2.07. The van der Waals surface area contributed by atoms with Gasteiger partial charge in [-0.3, -0.25) is 10.1 Å². The summed E-state index contributed by atoms with van der Waals surface area (Å²) in [5.41, 5.74) is 1.76. The molecule has 0 unspecified atom stereocenters. The van der Waals surface area contributed by atoms with Gasteiger partial charge in [-0.1, -0.05) is 18.2 Å². The zero-order valence-corrected chi connectivity index (χ0v) is 14.6. The molecule has 1 aromatic heterocycles. The summed E-state index contributed by atoms with van der Waals surface area (Å²) >= 11 is 4.84. The van der Waals surface area contributed by atoms with Crippen molar-refractivity contribution in [3.8, 4) is 17.0 Å². The number of allylic oxidation sites excluding steroid dienone is 3. The fourth-order valence-corrected chi connectivity index (χ4v) is 2.95. The minimum atomic E-state index is -0.199. The van der Waals surface area contributed by atoms with Gasteiger partial charge < -0.3 is 4.74 Å². The average Bonchev–Trinajstić information content (AvgIpc) is 2.96. The third kappa shape index (κ3) is 4.29. The van der Waals surface area contributed by atoms with Gasteiger partial charge in [0.05, 0.1) is 17.3 Å². The Labute approximate surface area is 141 Å². The Balaban J connectivity index is 2.11. The highest BCUT2D eigenvalue weighted by molar-refractivity contribution is 9.10. The first-order chi connectivity index (χ1) is 10.6. The van der Waals surface area contributed by atoms with E-state index in [0.717, 1.165) is 21.5 Å². The number of hydrogen-bond donors (Lipinski definition) is 1. The highest BCUT2D eigenvalue weighted by Crippen LogP contribution is 2.31. The van der Waals surface area contributed by atoms with Crippen LogP contribution in [0.4, 0.5) is 5.13 Å². The van der Waals surface area contributed by atoms with E-state index in [0.29, 0.717) is 5.13 Å². The molecule has 0 spiro atoms. The minimum absolute atomic E-state index is 0.199. The number of nitrogens with zero attached hydrogens (tertiary/aromatic N) is 1. The Morgan fingerprint density at radius 2 is 2.23 bits per heavy atom. The van der Waals surface area contributed by atoms with E-state index in [4.69, 9.17) is 4.74 Å². The maximum Gasteiger partial charge on any atom is 0.250 e. The molecule has 22 heavy (non-hydrogen) atoms. The SMILES string of the molecule is C/C=C/C=C/C(=O)Nc1nc(-c2ccc(OC)c(Br)c2)cs1. The van der Waals surface area contributed by atoms with Crippen molar-refractivity contribution < 1.29 is 9.53 Å². The smallest absolute Gasteiger partial charge is 0.250 e. The van der Waals surface area contributed by atoms with E-state index in [-0.39, 0.29) is 5.91 Å². The molecule has 0 fully saturated rings. The fourth-order valence-electron chi connectivity index (χ4n) is 1.69. The van der Waals surface area contributed by atoms with Gasteiger partial charge in [0, 0.05) is 17.0 Å². The molecule has 2 rings (SSSR count). The molecule has 0 saturated carbocycles. The summed E-state index contributed by atoms with van der Waals surface area (Å²) < 4.78 is 6.07. The number of carbonyl (C=O) groups excluding carboxylic acids is 1. The molecular weight excluding hydrogens is 364 g/mol. The summed E-state index contributed by atoms with van der Waals surface area (Å²) in [6, 6.07) is 5.73. The summed E-state index contributed by atoms with van der Waals surface area (Å²) in [7, 11) is 1.62. The third-order valence-electron chi connectivity index (χ3n) is 2.73. The van der Waals surface area contributed by atoms with Crippen LogP contribution < -0.4 is 10.1 Å². The third-order valence-corrected chi connectivity index (χ3v) is 4.11. The topological polar surface area (TPSA) is 51.2 Å². The molecule has 1 aromatic carbocycles. The van der Waals surface area contributed by atoms with Crippen LogP contribution in [0.15, 0.2) is 52.4 Å². The average molecular weight is 379 g/mol. The molecule has 2 aromatic rings. The second kappa shape index (κ2) is 7.91. The van der Waals surface area contributed by atoms with E-state index in [9.17, 15) is 4.79 Å². The van der Waals surface area contributed by atoms with E-state index >= 15 is 0 Å². The molecule has 0 bridgehead atoms. The first-order valence-corrected chi connectivity index (χ1v) is 8.21. The molecule has 0 aliphatic rings. The molecule has 1 heterocycles. The van der Waals surface area contributed by atoms with Gasteiger partial charge in [-0.15, -0.1) is 11.3 Å². The van der Waals surface area contributed by atoms with Crippen molar-refractivity contribution in [1.29, 1.82) is 0 Å². The van der Waals surface area contributed by atoms with Crippen molar-refractivity contribution in [3.63, 3.8) is 0 Å². The van der Waals surface area contributed by atoms with Gasteiger partial charge in [-0.2, -0.15) is 0 Å². The predicted octanol–water partition coefficient (Wildman–Crippen LogP) is 4.65. The molecule has 114 valence electrons. The Morgan fingerprint density at radius 1 is 1.41 bits per heavy atom. The number of anilines is 1. The Hall–Kier alpha value is -1.92. The highest BCUT2D eigenvalue weighted by atomic mass is 79.9. The van der Waals surface area contributed by atoms with Crippen molar-refractivity contribution >= 4 is 38.3 Å². The molecule has 0 saturated heterocycles. The van der Waals surface area contributed by atoms with E-state index in [2.05, 4.69) is 26.2 Å². The Kier molecular flexibility index (Phi) is 5.91. The van der Waals surface area contributed by atoms with Gasteiger partial charge in [0.25, 0.3) is 0 Å². The lowest BCUT2D eigenvalue weighted by molar-refractivity contribution is -0.111. The van der Waals surface area contributed by atoms with E-state index in [1.54, 1.807) is 19.3 Å². The van der Waals surface area contributed by atoms with Crippen LogP contribution in [0.2, 0.25) is 0 Å². The number of ether oxygens (including phenoxy) is 1. The van der Waals surface area contributed by atoms with Gasteiger partial charge in [0.2, 0.25) is 5.91 Å². The molecule has 1 amide bonds.